The topological polar surface area (TPSA) is 71.2 Å². The van der Waals surface area contributed by atoms with Crippen LogP contribution in [0.3, 0.4) is 0 Å². The zero-order chi connectivity index (χ0) is 16.1. The summed E-state index contributed by atoms with van der Waals surface area (Å²) in [6.45, 7) is 3.71. The summed E-state index contributed by atoms with van der Waals surface area (Å²) in [7, 11) is 0. The third kappa shape index (κ3) is 4.10. The van der Waals surface area contributed by atoms with Gasteiger partial charge in [-0.3, -0.25) is 4.79 Å². The molecule has 6 heteroatoms. The molecule has 1 aromatic heterocycles. The molecule has 5 nitrogen and oxygen atoms in total. The van der Waals surface area contributed by atoms with E-state index >= 15 is 0 Å². The van der Waals surface area contributed by atoms with E-state index < -0.39 is 5.97 Å². The number of benzene rings is 1. The smallest absolute Gasteiger partial charge is 0.340 e. The molecule has 0 radical (unpaired) electrons. The van der Waals surface area contributed by atoms with Crippen molar-refractivity contribution in [1.82, 2.24) is 10.3 Å². The highest BCUT2D eigenvalue weighted by molar-refractivity contribution is 9.10. The van der Waals surface area contributed by atoms with Gasteiger partial charge < -0.3 is 15.0 Å². The number of hydrogen-bond acceptors (Lipinski definition) is 3. The highest BCUT2D eigenvalue weighted by Crippen LogP contribution is 2.23. The Hall–Kier alpha value is -1.82. The Balaban J connectivity index is 1.97. The molecule has 0 saturated heterocycles. The highest BCUT2D eigenvalue weighted by atomic mass is 79.9. The van der Waals surface area contributed by atoms with Crippen molar-refractivity contribution in [2.45, 2.75) is 32.7 Å². The van der Waals surface area contributed by atoms with E-state index in [4.69, 9.17) is 4.74 Å². The van der Waals surface area contributed by atoms with Crippen LogP contribution in [0.25, 0.3) is 10.9 Å². The SMILES string of the molecule is CCCC(C)NC(=O)COC(=O)c1c[nH]c2ccc(Br)cc12. The first-order valence-corrected chi connectivity index (χ1v) is 8.03. The molecule has 0 bridgehead atoms. The summed E-state index contributed by atoms with van der Waals surface area (Å²) < 4.78 is 5.96. The Morgan fingerprint density at radius 2 is 2.18 bits per heavy atom. The van der Waals surface area contributed by atoms with Gasteiger partial charge in [-0.05, 0) is 31.5 Å². The van der Waals surface area contributed by atoms with E-state index in [-0.39, 0.29) is 18.6 Å². The molecular weight excluding hydrogens is 348 g/mol. The number of fused-ring (bicyclic) bond motifs is 1. The molecule has 2 N–H and O–H groups in total. The predicted molar refractivity (Wildman–Crippen MR) is 88.8 cm³/mol. The predicted octanol–water partition coefficient (Wildman–Crippen LogP) is 3.39. The third-order valence-electron chi connectivity index (χ3n) is 3.33. The molecule has 0 fully saturated rings. The van der Waals surface area contributed by atoms with Crippen molar-refractivity contribution in [2.24, 2.45) is 0 Å². The fourth-order valence-electron chi connectivity index (χ4n) is 2.29. The van der Waals surface area contributed by atoms with Crippen LogP contribution in [0.15, 0.2) is 28.9 Å². The summed E-state index contributed by atoms with van der Waals surface area (Å²) in [4.78, 5) is 26.8. The fraction of sp³-hybridized carbons (Fsp3) is 0.375. The lowest BCUT2D eigenvalue weighted by Crippen LogP contribution is -2.35. The van der Waals surface area contributed by atoms with E-state index in [0.29, 0.717) is 5.56 Å². The number of hydrogen-bond donors (Lipinski definition) is 2. The summed E-state index contributed by atoms with van der Waals surface area (Å²) in [5, 5.41) is 3.56. The van der Waals surface area contributed by atoms with Crippen molar-refractivity contribution in [1.29, 1.82) is 0 Å². The third-order valence-corrected chi connectivity index (χ3v) is 3.82. The number of H-pyrrole nitrogens is 1. The number of rotatable bonds is 6. The molecule has 2 rings (SSSR count). The van der Waals surface area contributed by atoms with Crippen molar-refractivity contribution in [3.05, 3.63) is 34.4 Å². The van der Waals surface area contributed by atoms with E-state index in [9.17, 15) is 9.59 Å². The summed E-state index contributed by atoms with van der Waals surface area (Å²) in [6.07, 6.45) is 3.48. The molecule has 1 atom stereocenters. The van der Waals surface area contributed by atoms with Gasteiger partial charge in [-0.2, -0.15) is 0 Å². The Morgan fingerprint density at radius 1 is 1.41 bits per heavy atom. The lowest BCUT2D eigenvalue weighted by atomic mass is 10.2. The summed E-state index contributed by atoms with van der Waals surface area (Å²) >= 11 is 3.37. The summed E-state index contributed by atoms with van der Waals surface area (Å²) in [6, 6.07) is 5.68. The molecule has 0 saturated carbocycles. The first-order chi connectivity index (χ1) is 10.5. The Kier molecular flexibility index (Phi) is 5.60. The second kappa shape index (κ2) is 7.45. The van der Waals surface area contributed by atoms with Gasteiger partial charge in [0.25, 0.3) is 5.91 Å². The molecule has 22 heavy (non-hydrogen) atoms. The van der Waals surface area contributed by atoms with Crippen molar-refractivity contribution in [2.75, 3.05) is 6.61 Å². The van der Waals surface area contributed by atoms with Crippen LogP contribution < -0.4 is 5.32 Å². The number of aromatic amines is 1. The Labute approximate surface area is 137 Å². The second-order valence-corrected chi connectivity index (χ2v) is 6.14. The molecular formula is C16H19BrN2O3. The highest BCUT2D eigenvalue weighted by Gasteiger charge is 2.15. The minimum absolute atomic E-state index is 0.0836. The van der Waals surface area contributed by atoms with Crippen LogP contribution in [0.1, 0.15) is 37.0 Å². The molecule has 1 amide bonds. The monoisotopic (exact) mass is 366 g/mol. The Morgan fingerprint density at radius 3 is 2.91 bits per heavy atom. The molecule has 2 aromatic rings. The van der Waals surface area contributed by atoms with Crippen molar-refractivity contribution in [3.63, 3.8) is 0 Å². The van der Waals surface area contributed by atoms with Gasteiger partial charge in [-0.25, -0.2) is 4.79 Å². The van der Waals surface area contributed by atoms with Crippen LogP contribution in [-0.2, 0) is 9.53 Å². The lowest BCUT2D eigenvalue weighted by molar-refractivity contribution is -0.124. The van der Waals surface area contributed by atoms with Crippen molar-refractivity contribution < 1.29 is 14.3 Å². The number of aromatic nitrogens is 1. The maximum atomic E-state index is 12.1. The standard InChI is InChI=1S/C16H19BrN2O3/c1-3-4-10(2)19-15(20)9-22-16(21)13-8-18-14-6-5-11(17)7-12(13)14/h5-8,10,18H,3-4,9H2,1-2H3,(H,19,20). The minimum atomic E-state index is -0.511. The number of halogens is 1. The zero-order valence-electron chi connectivity index (χ0n) is 12.6. The number of carbonyl (C=O) groups excluding carboxylic acids is 2. The first kappa shape index (κ1) is 16.5. The van der Waals surface area contributed by atoms with Gasteiger partial charge in [0.15, 0.2) is 6.61 Å². The number of ether oxygens (including phenoxy) is 1. The van der Waals surface area contributed by atoms with Gasteiger partial charge in [0.2, 0.25) is 0 Å². The molecule has 0 aliphatic rings. The van der Waals surface area contributed by atoms with Crippen molar-refractivity contribution in [3.8, 4) is 0 Å². The maximum absolute atomic E-state index is 12.1. The number of amides is 1. The van der Waals surface area contributed by atoms with E-state index in [1.807, 2.05) is 25.1 Å². The van der Waals surface area contributed by atoms with Crippen LogP contribution in [0.2, 0.25) is 0 Å². The van der Waals surface area contributed by atoms with Crippen LogP contribution in [0, 0.1) is 0 Å². The van der Waals surface area contributed by atoms with E-state index in [2.05, 4.69) is 33.2 Å². The fourth-order valence-corrected chi connectivity index (χ4v) is 2.65. The van der Waals surface area contributed by atoms with E-state index in [0.717, 1.165) is 28.2 Å². The summed E-state index contributed by atoms with van der Waals surface area (Å²) in [5.41, 5.74) is 1.27. The molecule has 0 spiro atoms. The van der Waals surface area contributed by atoms with Gasteiger partial charge in [-0.15, -0.1) is 0 Å². The molecule has 118 valence electrons. The first-order valence-electron chi connectivity index (χ1n) is 7.24. The van der Waals surface area contributed by atoms with Crippen LogP contribution >= 0.6 is 15.9 Å². The largest absolute Gasteiger partial charge is 0.452 e. The maximum Gasteiger partial charge on any atom is 0.340 e. The molecule has 1 aromatic carbocycles. The minimum Gasteiger partial charge on any atom is -0.452 e. The van der Waals surface area contributed by atoms with Crippen LogP contribution in [-0.4, -0.2) is 29.5 Å². The second-order valence-electron chi connectivity index (χ2n) is 5.23. The molecule has 1 heterocycles. The normalized spacial score (nSPS) is 12.1. The average molecular weight is 367 g/mol. The van der Waals surface area contributed by atoms with Gasteiger partial charge in [0.05, 0.1) is 5.56 Å². The van der Waals surface area contributed by atoms with Gasteiger partial charge in [0, 0.05) is 27.6 Å². The van der Waals surface area contributed by atoms with Gasteiger partial charge in [0.1, 0.15) is 0 Å². The van der Waals surface area contributed by atoms with E-state index in [1.165, 1.54) is 0 Å². The quantitative estimate of drug-likeness (QED) is 0.769. The lowest BCUT2D eigenvalue weighted by Gasteiger charge is -2.12. The molecule has 0 aliphatic heterocycles. The Bertz CT molecular complexity index is 681. The summed E-state index contributed by atoms with van der Waals surface area (Å²) in [5.74, 6) is -0.794. The van der Waals surface area contributed by atoms with Gasteiger partial charge in [-0.1, -0.05) is 29.3 Å². The number of carbonyl (C=O) groups is 2. The van der Waals surface area contributed by atoms with E-state index in [1.54, 1.807) is 6.20 Å². The molecule has 1 unspecified atom stereocenters. The molecule has 0 aliphatic carbocycles. The van der Waals surface area contributed by atoms with Crippen molar-refractivity contribution >= 4 is 38.7 Å². The zero-order valence-corrected chi connectivity index (χ0v) is 14.2. The number of nitrogens with one attached hydrogen (secondary N) is 2. The van der Waals surface area contributed by atoms with Gasteiger partial charge >= 0.3 is 5.97 Å². The van der Waals surface area contributed by atoms with Crippen LogP contribution in [0.5, 0.6) is 0 Å². The average Bonchev–Trinajstić information content (AvgIpc) is 2.88. The number of esters is 1. The van der Waals surface area contributed by atoms with Crippen LogP contribution in [0.4, 0.5) is 0 Å².